The second-order valence-electron chi connectivity index (χ2n) is 5.03. The summed E-state index contributed by atoms with van der Waals surface area (Å²) < 4.78 is 20.2. The van der Waals surface area contributed by atoms with E-state index in [9.17, 15) is 9.50 Å². The molecule has 3 rings (SSSR count). The summed E-state index contributed by atoms with van der Waals surface area (Å²) in [7, 11) is 1.41. The first-order valence-corrected chi connectivity index (χ1v) is 7.45. The summed E-state index contributed by atoms with van der Waals surface area (Å²) in [6, 6.07) is 10.7. The van der Waals surface area contributed by atoms with E-state index in [1.54, 1.807) is 18.2 Å². The fourth-order valence-corrected chi connectivity index (χ4v) is 3.12. The molecule has 1 aliphatic rings. The normalized spacial score (nSPS) is 18.0. The minimum Gasteiger partial charge on any atom is -0.494 e. The first-order valence-electron chi connectivity index (χ1n) is 6.65. The number of aliphatic hydroxyl groups is 1. The van der Waals surface area contributed by atoms with E-state index in [0.717, 1.165) is 15.7 Å². The molecule has 3 nitrogen and oxygen atoms in total. The summed E-state index contributed by atoms with van der Waals surface area (Å²) >= 11 is 3.43. The van der Waals surface area contributed by atoms with Crippen LogP contribution >= 0.6 is 15.9 Å². The Balaban J connectivity index is 1.98. The molecule has 0 amide bonds. The van der Waals surface area contributed by atoms with E-state index < -0.39 is 11.9 Å². The van der Waals surface area contributed by atoms with Crippen molar-refractivity contribution in [3.63, 3.8) is 0 Å². The molecule has 0 fully saturated rings. The van der Waals surface area contributed by atoms with E-state index in [1.165, 1.54) is 7.11 Å². The SMILES string of the molecule is COc1cccc(C(O)C2CNc3ccc(Br)cc32)c1F. The van der Waals surface area contributed by atoms with Crippen molar-refractivity contribution in [2.75, 3.05) is 19.0 Å². The molecule has 1 aliphatic heterocycles. The molecule has 2 aromatic rings. The molecule has 0 saturated carbocycles. The molecule has 0 spiro atoms. The lowest BCUT2D eigenvalue weighted by atomic mass is 9.90. The fourth-order valence-electron chi connectivity index (χ4n) is 2.74. The summed E-state index contributed by atoms with van der Waals surface area (Å²) in [5.41, 5.74) is 2.22. The van der Waals surface area contributed by atoms with Crippen LogP contribution in [-0.2, 0) is 0 Å². The van der Waals surface area contributed by atoms with Crippen LogP contribution in [0, 0.1) is 5.82 Å². The van der Waals surface area contributed by atoms with Gasteiger partial charge in [0.1, 0.15) is 0 Å². The molecule has 0 bridgehead atoms. The maximum atomic E-state index is 14.3. The Kier molecular flexibility index (Phi) is 3.87. The summed E-state index contributed by atoms with van der Waals surface area (Å²) in [6.07, 6.45) is -0.928. The standard InChI is InChI=1S/C16H15BrFNO2/c1-21-14-4-2-3-10(15(14)18)16(20)12-8-19-13-6-5-9(17)7-11(12)13/h2-7,12,16,19-20H,8H2,1H3. The highest BCUT2D eigenvalue weighted by Crippen LogP contribution is 2.42. The van der Waals surface area contributed by atoms with Gasteiger partial charge in [0, 0.05) is 28.2 Å². The molecule has 0 radical (unpaired) electrons. The van der Waals surface area contributed by atoms with Crippen molar-refractivity contribution < 1.29 is 14.2 Å². The third kappa shape index (κ3) is 2.51. The van der Waals surface area contributed by atoms with Gasteiger partial charge < -0.3 is 15.2 Å². The molecule has 0 saturated heterocycles. The van der Waals surface area contributed by atoms with E-state index in [2.05, 4.69) is 21.2 Å². The minimum absolute atomic E-state index is 0.145. The molecule has 0 aromatic heterocycles. The third-order valence-corrected chi connectivity index (χ3v) is 4.33. The van der Waals surface area contributed by atoms with Crippen molar-refractivity contribution in [3.8, 4) is 5.75 Å². The number of fused-ring (bicyclic) bond motifs is 1. The summed E-state index contributed by atoms with van der Waals surface area (Å²) in [5.74, 6) is -0.554. The lowest BCUT2D eigenvalue weighted by molar-refractivity contribution is 0.146. The average molecular weight is 352 g/mol. The maximum Gasteiger partial charge on any atom is 0.170 e. The van der Waals surface area contributed by atoms with Crippen LogP contribution in [0.1, 0.15) is 23.1 Å². The van der Waals surface area contributed by atoms with Crippen LogP contribution < -0.4 is 10.1 Å². The van der Waals surface area contributed by atoms with Crippen molar-refractivity contribution in [3.05, 3.63) is 57.8 Å². The number of methoxy groups -OCH3 is 1. The van der Waals surface area contributed by atoms with E-state index in [0.29, 0.717) is 6.54 Å². The number of aliphatic hydroxyl groups excluding tert-OH is 1. The van der Waals surface area contributed by atoms with Crippen LogP contribution in [0.3, 0.4) is 0 Å². The Labute approximate surface area is 130 Å². The predicted molar refractivity (Wildman–Crippen MR) is 83.3 cm³/mol. The van der Waals surface area contributed by atoms with Crippen molar-refractivity contribution in [1.82, 2.24) is 0 Å². The molecule has 0 aliphatic carbocycles. The lowest BCUT2D eigenvalue weighted by Gasteiger charge is -2.20. The largest absolute Gasteiger partial charge is 0.494 e. The smallest absolute Gasteiger partial charge is 0.170 e. The molecule has 2 aromatic carbocycles. The zero-order valence-corrected chi connectivity index (χ0v) is 13.0. The average Bonchev–Trinajstić information content (AvgIpc) is 2.89. The number of rotatable bonds is 3. The van der Waals surface area contributed by atoms with Gasteiger partial charge in [0.2, 0.25) is 0 Å². The van der Waals surface area contributed by atoms with Gasteiger partial charge in [0.05, 0.1) is 13.2 Å². The van der Waals surface area contributed by atoms with Crippen molar-refractivity contribution in [2.24, 2.45) is 0 Å². The molecule has 5 heteroatoms. The van der Waals surface area contributed by atoms with Crippen LogP contribution in [0.4, 0.5) is 10.1 Å². The monoisotopic (exact) mass is 351 g/mol. The van der Waals surface area contributed by atoms with Crippen molar-refractivity contribution in [1.29, 1.82) is 0 Å². The van der Waals surface area contributed by atoms with Gasteiger partial charge in [-0.05, 0) is 29.8 Å². The Morgan fingerprint density at radius 3 is 2.95 bits per heavy atom. The van der Waals surface area contributed by atoms with E-state index in [-0.39, 0.29) is 17.2 Å². The molecule has 1 heterocycles. The van der Waals surface area contributed by atoms with Gasteiger partial charge in [-0.2, -0.15) is 0 Å². The number of benzene rings is 2. The molecule has 2 N–H and O–H groups in total. The highest BCUT2D eigenvalue weighted by Gasteiger charge is 2.31. The molecule has 110 valence electrons. The zero-order valence-electron chi connectivity index (χ0n) is 11.4. The predicted octanol–water partition coefficient (Wildman–Crippen LogP) is 3.84. The van der Waals surface area contributed by atoms with Crippen molar-refractivity contribution >= 4 is 21.6 Å². The number of anilines is 1. The van der Waals surface area contributed by atoms with Gasteiger partial charge in [-0.15, -0.1) is 0 Å². The summed E-state index contributed by atoms with van der Waals surface area (Å²) in [4.78, 5) is 0. The first-order chi connectivity index (χ1) is 10.1. The topological polar surface area (TPSA) is 41.5 Å². The first kappa shape index (κ1) is 14.4. The number of nitrogens with one attached hydrogen (secondary N) is 1. The van der Waals surface area contributed by atoms with E-state index in [4.69, 9.17) is 4.74 Å². The quantitative estimate of drug-likeness (QED) is 0.882. The Morgan fingerprint density at radius 1 is 1.38 bits per heavy atom. The lowest BCUT2D eigenvalue weighted by Crippen LogP contribution is -2.14. The van der Waals surface area contributed by atoms with Gasteiger partial charge >= 0.3 is 0 Å². The van der Waals surface area contributed by atoms with Gasteiger partial charge in [-0.1, -0.05) is 28.1 Å². The molecule has 21 heavy (non-hydrogen) atoms. The molecule has 2 atom stereocenters. The highest BCUT2D eigenvalue weighted by molar-refractivity contribution is 9.10. The number of halogens is 2. The molecular formula is C16H15BrFNO2. The number of hydrogen-bond acceptors (Lipinski definition) is 3. The number of hydrogen-bond donors (Lipinski definition) is 2. The van der Waals surface area contributed by atoms with E-state index >= 15 is 0 Å². The van der Waals surface area contributed by atoms with Crippen LogP contribution in [0.2, 0.25) is 0 Å². The Bertz CT molecular complexity index is 677. The van der Waals surface area contributed by atoms with Crippen LogP contribution in [0.15, 0.2) is 40.9 Å². The maximum absolute atomic E-state index is 14.3. The molecule has 2 unspecified atom stereocenters. The number of ether oxygens (including phenoxy) is 1. The Morgan fingerprint density at radius 2 is 2.19 bits per heavy atom. The fraction of sp³-hybridized carbons (Fsp3) is 0.250. The van der Waals surface area contributed by atoms with E-state index in [1.807, 2.05) is 18.2 Å². The second-order valence-corrected chi connectivity index (χ2v) is 5.94. The van der Waals surface area contributed by atoms with Gasteiger partial charge in [0.15, 0.2) is 11.6 Å². The zero-order chi connectivity index (χ0) is 15.0. The summed E-state index contributed by atoms with van der Waals surface area (Å²) in [6.45, 7) is 0.573. The van der Waals surface area contributed by atoms with Crippen LogP contribution in [0.25, 0.3) is 0 Å². The second kappa shape index (κ2) is 5.66. The summed E-state index contributed by atoms with van der Waals surface area (Å²) in [5, 5.41) is 13.8. The van der Waals surface area contributed by atoms with Gasteiger partial charge in [0.25, 0.3) is 0 Å². The molecular weight excluding hydrogens is 337 g/mol. The van der Waals surface area contributed by atoms with Gasteiger partial charge in [-0.25, -0.2) is 4.39 Å². The van der Waals surface area contributed by atoms with Crippen molar-refractivity contribution in [2.45, 2.75) is 12.0 Å². The van der Waals surface area contributed by atoms with Gasteiger partial charge in [-0.3, -0.25) is 0 Å². The minimum atomic E-state index is -0.928. The van der Waals surface area contributed by atoms with Crippen LogP contribution in [-0.4, -0.2) is 18.8 Å². The Hall–Kier alpha value is -1.59. The third-order valence-electron chi connectivity index (χ3n) is 3.84. The van der Waals surface area contributed by atoms with Crippen LogP contribution in [0.5, 0.6) is 5.75 Å². The highest BCUT2D eigenvalue weighted by atomic mass is 79.9.